The van der Waals surface area contributed by atoms with Crippen molar-refractivity contribution >= 4 is 5.78 Å². The molecule has 1 fully saturated rings. The van der Waals surface area contributed by atoms with E-state index in [1.807, 2.05) is 0 Å². The highest BCUT2D eigenvalue weighted by molar-refractivity contribution is 5.78. The molecule has 0 aliphatic heterocycles. The largest absolute Gasteiger partial charge is 0.300 e. The molecule has 1 aromatic rings. The second kappa shape index (κ2) is 5.26. The minimum atomic E-state index is 0.246. The van der Waals surface area contributed by atoms with Crippen molar-refractivity contribution < 1.29 is 4.79 Å². The monoisotopic (exact) mass is 244 g/mol. The summed E-state index contributed by atoms with van der Waals surface area (Å²) >= 11 is 0. The Morgan fingerprint density at radius 1 is 1.39 bits per heavy atom. The van der Waals surface area contributed by atoms with Gasteiger partial charge in [-0.1, -0.05) is 44.5 Å². The molecule has 1 aliphatic rings. The molecule has 0 heterocycles. The lowest BCUT2D eigenvalue weighted by molar-refractivity contribution is -0.116. The first-order valence-corrected chi connectivity index (χ1v) is 7.04. The Morgan fingerprint density at radius 2 is 2.17 bits per heavy atom. The highest BCUT2D eigenvalue weighted by atomic mass is 16.1. The van der Waals surface area contributed by atoms with Gasteiger partial charge in [0.2, 0.25) is 0 Å². The van der Waals surface area contributed by atoms with E-state index in [1.54, 1.807) is 6.92 Å². The second-order valence-electron chi connectivity index (χ2n) is 6.58. The highest BCUT2D eigenvalue weighted by Crippen LogP contribution is 2.43. The summed E-state index contributed by atoms with van der Waals surface area (Å²) in [5.74, 6) is 0.928. The smallest absolute Gasteiger partial charge is 0.134 e. The van der Waals surface area contributed by atoms with Crippen LogP contribution in [0.15, 0.2) is 24.3 Å². The zero-order valence-corrected chi connectivity index (χ0v) is 11.8. The second-order valence-corrected chi connectivity index (χ2v) is 6.58. The number of rotatable bonds is 3. The van der Waals surface area contributed by atoms with Gasteiger partial charge in [0, 0.05) is 6.42 Å². The lowest BCUT2D eigenvalue weighted by Gasteiger charge is -2.35. The number of carbonyl (C=O) groups is 1. The number of carbonyl (C=O) groups excluding carboxylic acids is 1. The molecule has 0 N–H and O–H groups in total. The third-order valence-electron chi connectivity index (χ3n) is 4.08. The topological polar surface area (TPSA) is 17.1 Å². The van der Waals surface area contributed by atoms with E-state index in [0.717, 1.165) is 0 Å². The summed E-state index contributed by atoms with van der Waals surface area (Å²) in [5, 5.41) is 0. The van der Waals surface area contributed by atoms with E-state index < -0.39 is 0 Å². The van der Waals surface area contributed by atoms with E-state index in [0.29, 0.717) is 17.8 Å². The van der Waals surface area contributed by atoms with Crippen LogP contribution in [0, 0.1) is 5.41 Å². The lowest BCUT2D eigenvalue weighted by Crippen LogP contribution is -2.21. The number of Topliss-reactive ketones (excluding diaryl/α,β-unsaturated/α-hetero) is 1. The van der Waals surface area contributed by atoms with Gasteiger partial charge in [-0.25, -0.2) is 0 Å². The van der Waals surface area contributed by atoms with Gasteiger partial charge in [0.05, 0.1) is 0 Å². The molecule has 1 aliphatic carbocycles. The molecule has 0 aromatic heterocycles. The summed E-state index contributed by atoms with van der Waals surface area (Å²) in [4.78, 5) is 11.2. The molecule has 1 nitrogen and oxygen atoms in total. The average Bonchev–Trinajstić information content (AvgIpc) is 2.27. The third kappa shape index (κ3) is 3.44. The molecule has 0 radical (unpaired) electrons. The van der Waals surface area contributed by atoms with Crippen molar-refractivity contribution in [3.63, 3.8) is 0 Å². The molecule has 1 atom stereocenters. The van der Waals surface area contributed by atoms with Crippen LogP contribution in [0.2, 0.25) is 0 Å². The highest BCUT2D eigenvalue weighted by Gasteiger charge is 2.28. The SMILES string of the molecule is CC(=O)Cc1cccc(C2CCCC(C)(C)C2)c1. The first-order valence-electron chi connectivity index (χ1n) is 7.04. The van der Waals surface area contributed by atoms with Gasteiger partial charge in [-0.05, 0) is 48.6 Å². The van der Waals surface area contributed by atoms with E-state index in [-0.39, 0.29) is 5.78 Å². The van der Waals surface area contributed by atoms with E-state index in [9.17, 15) is 4.79 Å². The van der Waals surface area contributed by atoms with Crippen LogP contribution in [0.25, 0.3) is 0 Å². The zero-order valence-electron chi connectivity index (χ0n) is 11.8. The van der Waals surface area contributed by atoms with Crippen molar-refractivity contribution in [2.24, 2.45) is 5.41 Å². The van der Waals surface area contributed by atoms with Crippen molar-refractivity contribution in [1.82, 2.24) is 0 Å². The minimum Gasteiger partial charge on any atom is -0.300 e. The maximum Gasteiger partial charge on any atom is 0.134 e. The fourth-order valence-corrected chi connectivity index (χ4v) is 3.23. The molecule has 0 bridgehead atoms. The quantitative estimate of drug-likeness (QED) is 0.765. The van der Waals surface area contributed by atoms with Crippen molar-refractivity contribution in [2.75, 3.05) is 0 Å². The third-order valence-corrected chi connectivity index (χ3v) is 4.08. The van der Waals surface area contributed by atoms with E-state index in [1.165, 1.54) is 36.8 Å². The lowest BCUT2D eigenvalue weighted by atomic mass is 9.70. The van der Waals surface area contributed by atoms with Gasteiger partial charge in [0.1, 0.15) is 5.78 Å². The van der Waals surface area contributed by atoms with Crippen LogP contribution in [-0.4, -0.2) is 5.78 Å². The maximum absolute atomic E-state index is 11.2. The first kappa shape index (κ1) is 13.3. The summed E-state index contributed by atoms with van der Waals surface area (Å²) in [7, 11) is 0. The molecular formula is C17H24O. The van der Waals surface area contributed by atoms with E-state index >= 15 is 0 Å². The van der Waals surface area contributed by atoms with Gasteiger partial charge in [-0.3, -0.25) is 4.79 Å². The molecule has 0 spiro atoms. The van der Waals surface area contributed by atoms with Crippen molar-refractivity contribution in [1.29, 1.82) is 0 Å². The van der Waals surface area contributed by atoms with Gasteiger partial charge in [0.15, 0.2) is 0 Å². The molecule has 0 amide bonds. The molecule has 1 saturated carbocycles. The van der Waals surface area contributed by atoms with Crippen LogP contribution in [0.5, 0.6) is 0 Å². The van der Waals surface area contributed by atoms with Gasteiger partial charge < -0.3 is 0 Å². The van der Waals surface area contributed by atoms with Crippen LogP contribution in [-0.2, 0) is 11.2 Å². The van der Waals surface area contributed by atoms with Crippen LogP contribution in [0.4, 0.5) is 0 Å². The van der Waals surface area contributed by atoms with Gasteiger partial charge in [-0.15, -0.1) is 0 Å². The molecule has 2 rings (SSSR count). The number of ketones is 1. The molecule has 1 aromatic carbocycles. The van der Waals surface area contributed by atoms with Crippen LogP contribution >= 0.6 is 0 Å². The number of hydrogen-bond donors (Lipinski definition) is 0. The summed E-state index contributed by atoms with van der Waals surface area (Å²) < 4.78 is 0. The summed E-state index contributed by atoms with van der Waals surface area (Å²) in [6, 6.07) is 8.65. The fourth-order valence-electron chi connectivity index (χ4n) is 3.23. The minimum absolute atomic E-state index is 0.246. The van der Waals surface area contributed by atoms with Crippen LogP contribution < -0.4 is 0 Å². The maximum atomic E-state index is 11.2. The molecule has 98 valence electrons. The Hall–Kier alpha value is -1.11. The zero-order chi connectivity index (χ0) is 13.2. The Balaban J connectivity index is 2.15. The standard InChI is InChI=1S/C17H24O/c1-13(18)10-14-6-4-7-15(11-14)16-8-5-9-17(2,3)12-16/h4,6-7,11,16H,5,8-10,12H2,1-3H3. The Labute approximate surface area is 111 Å². The van der Waals surface area contributed by atoms with Crippen molar-refractivity contribution in [3.05, 3.63) is 35.4 Å². The normalized spacial score (nSPS) is 22.7. The molecular weight excluding hydrogens is 220 g/mol. The fraction of sp³-hybridized carbons (Fsp3) is 0.588. The summed E-state index contributed by atoms with van der Waals surface area (Å²) in [6.45, 7) is 6.41. The number of benzene rings is 1. The van der Waals surface area contributed by atoms with Gasteiger partial charge >= 0.3 is 0 Å². The van der Waals surface area contributed by atoms with Gasteiger partial charge in [0.25, 0.3) is 0 Å². The van der Waals surface area contributed by atoms with E-state index in [2.05, 4.69) is 38.1 Å². The summed E-state index contributed by atoms with van der Waals surface area (Å²) in [6.07, 6.45) is 5.82. The predicted molar refractivity (Wildman–Crippen MR) is 75.8 cm³/mol. The van der Waals surface area contributed by atoms with Crippen molar-refractivity contribution in [3.8, 4) is 0 Å². The van der Waals surface area contributed by atoms with Crippen LogP contribution in [0.1, 0.15) is 63.5 Å². The van der Waals surface area contributed by atoms with Gasteiger partial charge in [-0.2, -0.15) is 0 Å². The summed E-state index contributed by atoms with van der Waals surface area (Å²) in [5.41, 5.74) is 3.07. The average molecular weight is 244 g/mol. The predicted octanol–water partition coefficient (Wildman–Crippen LogP) is 4.50. The molecule has 1 unspecified atom stereocenters. The molecule has 18 heavy (non-hydrogen) atoms. The van der Waals surface area contributed by atoms with E-state index in [4.69, 9.17) is 0 Å². The molecule has 1 heteroatoms. The first-order chi connectivity index (χ1) is 8.46. The number of hydrogen-bond acceptors (Lipinski definition) is 1. The Kier molecular flexibility index (Phi) is 3.89. The Morgan fingerprint density at radius 3 is 2.83 bits per heavy atom. The van der Waals surface area contributed by atoms with Crippen LogP contribution in [0.3, 0.4) is 0 Å². The van der Waals surface area contributed by atoms with Crippen molar-refractivity contribution in [2.45, 2.75) is 58.8 Å². The molecule has 0 saturated heterocycles. The Bertz CT molecular complexity index is 431.